The number of amides is 2. The van der Waals surface area contributed by atoms with Crippen molar-refractivity contribution in [2.75, 3.05) is 6.54 Å². The number of benzene rings is 2. The summed E-state index contributed by atoms with van der Waals surface area (Å²) in [6.07, 6.45) is 4.30. The average Bonchev–Trinajstić information content (AvgIpc) is 3.26. The Balaban J connectivity index is 1.20. The third-order valence-corrected chi connectivity index (χ3v) is 4.75. The van der Waals surface area contributed by atoms with Crippen LogP contribution in [0.25, 0.3) is 5.69 Å². The molecule has 2 unspecified atom stereocenters. The maximum atomic E-state index is 12.0. The molecule has 0 radical (unpaired) electrons. The van der Waals surface area contributed by atoms with Gasteiger partial charge in [-0.1, -0.05) is 42.5 Å². The van der Waals surface area contributed by atoms with E-state index in [-0.39, 0.29) is 6.03 Å². The average molecular weight is 347 g/mol. The van der Waals surface area contributed by atoms with Crippen LogP contribution in [0.4, 0.5) is 4.79 Å². The van der Waals surface area contributed by atoms with Crippen LogP contribution in [0, 0.1) is 5.92 Å². The van der Waals surface area contributed by atoms with Crippen LogP contribution in [0.15, 0.2) is 67.3 Å². The number of hydrogen-bond acceptors (Lipinski definition) is 3. The van der Waals surface area contributed by atoms with Crippen molar-refractivity contribution in [2.45, 2.75) is 18.9 Å². The first-order valence-corrected chi connectivity index (χ1v) is 8.80. The topological polar surface area (TPSA) is 71.8 Å². The van der Waals surface area contributed by atoms with E-state index in [1.165, 1.54) is 11.9 Å². The van der Waals surface area contributed by atoms with Crippen LogP contribution < -0.4 is 10.6 Å². The monoisotopic (exact) mass is 347 g/mol. The molecular weight excluding hydrogens is 326 g/mol. The minimum atomic E-state index is -0.121. The van der Waals surface area contributed by atoms with Crippen LogP contribution in [0.3, 0.4) is 0 Å². The minimum Gasteiger partial charge on any atom is -0.338 e. The zero-order chi connectivity index (χ0) is 17.8. The van der Waals surface area contributed by atoms with Gasteiger partial charge in [0.25, 0.3) is 0 Å². The lowest BCUT2D eigenvalue weighted by molar-refractivity contribution is 0.240. The fourth-order valence-electron chi connectivity index (χ4n) is 3.16. The normalized spacial score (nSPS) is 18.3. The van der Waals surface area contributed by atoms with E-state index in [0.717, 1.165) is 24.2 Å². The highest BCUT2D eigenvalue weighted by Crippen LogP contribution is 2.46. The zero-order valence-electron chi connectivity index (χ0n) is 14.4. The first-order valence-electron chi connectivity index (χ1n) is 8.80. The highest BCUT2D eigenvalue weighted by atomic mass is 16.2. The Morgan fingerprint density at radius 1 is 1.08 bits per heavy atom. The van der Waals surface area contributed by atoms with E-state index >= 15 is 0 Å². The largest absolute Gasteiger partial charge is 0.338 e. The number of hydrogen-bond donors (Lipinski definition) is 2. The van der Waals surface area contributed by atoms with Gasteiger partial charge in [0.15, 0.2) is 0 Å². The Morgan fingerprint density at radius 3 is 2.62 bits per heavy atom. The van der Waals surface area contributed by atoms with Gasteiger partial charge < -0.3 is 10.6 Å². The van der Waals surface area contributed by atoms with E-state index in [1.807, 2.05) is 30.3 Å². The molecule has 2 aromatic carbocycles. The van der Waals surface area contributed by atoms with Crippen molar-refractivity contribution in [1.82, 2.24) is 25.4 Å². The first-order chi connectivity index (χ1) is 12.8. The van der Waals surface area contributed by atoms with Crippen LogP contribution in [0.5, 0.6) is 0 Å². The summed E-state index contributed by atoms with van der Waals surface area (Å²) < 4.78 is 1.70. The second-order valence-electron chi connectivity index (χ2n) is 6.58. The standard InChI is InChI=1S/C20H21N5O/c26-20(23-12-17-10-19(17)16-4-2-1-3-5-16)22-11-15-6-8-18(9-7-15)25-14-21-13-24-25/h1-9,13-14,17,19H,10-12H2,(H2,22,23,26). The third kappa shape index (κ3) is 3.91. The Labute approximate surface area is 152 Å². The van der Waals surface area contributed by atoms with Crippen LogP contribution in [0.2, 0.25) is 0 Å². The first kappa shape index (κ1) is 16.3. The molecule has 0 bridgehead atoms. The van der Waals surface area contributed by atoms with Crippen molar-refractivity contribution in [2.24, 2.45) is 5.92 Å². The fourth-order valence-corrected chi connectivity index (χ4v) is 3.16. The second kappa shape index (κ2) is 7.39. The quantitative estimate of drug-likeness (QED) is 0.720. The number of aromatic nitrogens is 3. The number of carbonyl (C=O) groups excluding carboxylic acids is 1. The van der Waals surface area contributed by atoms with Gasteiger partial charge in [-0.25, -0.2) is 14.5 Å². The smallest absolute Gasteiger partial charge is 0.315 e. The molecule has 2 amide bonds. The Bertz CT molecular complexity index is 846. The minimum absolute atomic E-state index is 0.121. The summed E-state index contributed by atoms with van der Waals surface area (Å²) in [5.74, 6) is 1.13. The van der Waals surface area contributed by atoms with Gasteiger partial charge in [-0.05, 0) is 41.5 Å². The van der Waals surface area contributed by atoms with Crippen LogP contribution in [-0.4, -0.2) is 27.3 Å². The lowest BCUT2D eigenvalue weighted by Crippen LogP contribution is -2.36. The number of urea groups is 1. The van der Waals surface area contributed by atoms with Gasteiger partial charge in [-0.15, -0.1) is 0 Å². The molecule has 0 aliphatic heterocycles. The van der Waals surface area contributed by atoms with E-state index in [0.29, 0.717) is 18.4 Å². The Morgan fingerprint density at radius 2 is 1.88 bits per heavy atom. The molecule has 0 saturated heterocycles. The molecular formula is C20H21N5O. The van der Waals surface area contributed by atoms with Gasteiger partial charge in [-0.2, -0.15) is 5.10 Å². The van der Waals surface area contributed by atoms with Crippen LogP contribution in [-0.2, 0) is 6.54 Å². The summed E-state index contributed by atoms with van der Waals surface area (Å²) in [5.41, 5.74) is 3.35. The molecule has 1 fully saturated rings. The molecule has 1 aliphatic carbocycles. The van der Waals surface area contributed by atoms with Gasteiger partial charge in [0, 0.05) is 13.1 Å². The van der Waals surface area contributed by atoms with Crippen molar-refractivity contribution in [1.29, 1.82) is 0 Å². The van der Waals surface area contributed by atoms with Crippen molar-refractivity contribution in [3.63, 3.8) is 0 Å². The van der Waals surface area contributed by atoms with Crippen molar-refractivity contribution in [3.05, 3.63) is 78.4 Å². The van der Waals surface area contributed by atoms with Crippen LogP contribution >= 0.6 is 0 Å². The molecule has 4 rings (SSSR count). The molecule has 26 heavy (non-hydrogen) atoms. The van der Waals surface area contributed by atoms with E-state index in [1.54, 1.807) is 11.0 Å². The van der Waals surface area contributed by atoms with Gasteiger partial charge in [0.1, 0.15) is 12.7 Å². The molecule has 2 atom stereocenters. The number of nitrogens with zero attached hydrogens (tertiary/aromatic N) is 3. The molecule has 6 heteroatoms. The Kier molecular flexibility index (Phi) is 4.64. The van der Waals surface area contributed by atoms with E-state index in [4.69, 9.17) is 0 Å². The third-order valence-electron chi connectivity index (χ3n) is 4.75. The summed E-state index contributed by atoms with van der Waals surface area (Å²) in [5, 5.41) is 9.97. The summed E-state index contributed by atoms with van der Waals surface area (Å²) in [6.45, 7) is 1.22. The summed E-state index contributed by atoms with van der Waals surface area (Å²) in [6, 6.07) is 18.2. The maximum Gasteiger partial charge on any atom is 0.315 e. The molecule has 1 aromatic heterocycles. The lowest BCUT2D eigenvalue weighted by Gasteiger charge is -2.08. The molecule has 1 heterocycles. The Hall–Kier alpha value is -3.15. The molecule has 0 spiro atoms. The highest BCUT2D eigenvalue weighted by Gasteiger charge is 2.37. The molecule has 6 nitrogen and oxygen atoms in total. The van der Waals surface area contributed by atoms with E-state index in [2.05, 4.69) is 45.0 Å². The summed E-state index contributed by atoms with van der Waals surface area (Å²) in [7, 11) is 0. The SMILES string of the molecule is O=C(NCc1ccc(-n2cncn2)cc1)NCC1CC1c1ccccc1. The fraction of sp³-hybridized carbons (Fsp3) is 0.250. The summed E-state index contributed by atoms with van der Waals surface area (Å²) >= 11 is 0. The van der Waals surface area contributed by atoms with Gasteiger partial charge >= 0.3 is 6.03 Å². The van der Waals surface area contributed by atoms with E-state index < -0.39 is 0 Å². The van der Waals surface area contributed by atoms with E-state index in [9.17, 15) is 4.79 Å². The van der Waals surface area contributed by atoms with Crippen molar-refractivity contribution < 1.29 is 4.79 Å². The molecule has 1 aliphatic rings. The van der Waals surface area contributed by atoms with Crippen LogP contribution in [0.1, 0.15) is 23.5 Å². The number of nitrogens with one attached hydrogen (secondary N) is 2. The predicted octanol–water partition coefficient (Wildman–Crippen LogP) is 2.87. The molecule has 3 aromatic rings. The predicted molar refractivity (Wildman–Crippen MR) is 98.9 cm³/mol. The van der Waals surface area contributed by atoms with Gasteiger partial charge in [0.2, 0.25) is 0 Å². The zero-order valence-corrected chi connectivity index (χ0v) is 14.4. The van der Waals surface area contributed by atoms with Gasteiger partial charge in [0.05, 0.1) is 5.69 Å². The maximum absolute atomic E-state index is 12.0. The molecule has 132 valence electrons. The number of rotatable bonds is 6. The number of carbonyl (C=O) groups is 1. The molecule has 1 saturated carbocycles. The van der Waals surface area contributed by atoms with Gasteiger partial charge in [-0.3, -0.25) is 0 Å². The molecule has 2 N–H and O–H groups in total. The second-order valence-corrected chi connectivity index (χ2v) is 6.58. The summed E-state index contributed by atoms with van der Waals surface area (Å²) in [4.78, 5) is 15.9. The van der Waals surface area contributed by atoms with Crippen molar-refractivity contribution in [3.8, 4) is 5.69 Å². The van der Waals surface area contributed by atoms with Crippen molar-refractivity contribution >= 4 is 6.03 Å². The highest BCUT2D eigenvalue weighted by molar-refractivity contribution is 5.73. The lowest BCUT2D eigenvalue weighted by atomic mass is 10.1.